The predicted octanol–water partition coefficient (Wildman–Crippen LogP) is 0.727. The molecule has 0 saturated carbocycles. The molecule has 1 aromatic rings. The lowest BCUT2D eigenvalue weighted by atomic mass is 10.3. The maximum absolute atomic E-state index is 11.8. The first-order chi connectivity index (χ1) is 8.13. The summed E-state index contributed by atoms with van der Waals surface area (Å²) in [7, 11) is 0. The molecular formula is C12H16N2O3. The number of benzene rings is 1. The number of anilines is 1. The Balaban J connectivity index is 2.30. The molecule has 1 atom stereocenters. The molecule has 2 N–H and O–H groups in total. The molecule has 5 heteroatoms. The van der Waals surface area contributed by atoms with Crippen LogP contribution in [-0.2, 0) is 4.79 Å². The lowest BCUT2D eigenvalue weighted by Gasteiger charge is -2.32. The van der Waals surface area contributed by atoms with Crippen LogP contribution in [-0.4, -0.2) is 40.3 Å². The lowest BCUT2D eigenvalue weighted by Crippen LogP contribution is -2.46. The Labute approximate surface area is 99.9 Å². The van der Waals surface area contributed by atoms with Crippen LogP contribution in [0.2, 0.25) is 0 Å². The van der Waals surface area contributed by atoms with Gasteiger partial charge in [-0.05, 0) is 19.1 Å². The third-order valence-corrected chi connectivity index (χ3v) is 2.90. The number of rotatable bonds is 3. The molecule has 0 radical (unpaired) electrons. The first-order valence-electron chi connectivity index (χ1n) is 5.63. The van der Waals surface area contributed by atoms with Gasteiger partial charge in [-0.1, -0.05) is 6.07 Å². The molecule has 92 valence electrons. The Hall–Kier alpha value is -1.59. The van der Waals surface area contributed by atoms with Gasteiger partial charge in [0, 0.05) is 19.0 Å². The zero-order chi connectivity index (χ0) is 12.4. The van der Waals surface area contributed by atoms with Crippen molar-refractivity contribution < 1.29 is 15.0 Å². The monoisotopic (exact) mass is 236 g/mol. The molecule has 1 fully saturated rings. The summed E-state index contributed by atoms with van der Waals surface area (Å²) in [6, 6.07) is 6.44. The largest absolute Gasteiger partial charge is 0.508 e. The Bertz CT molecular complexity index is 422. The third kappa shape index (κ3) is 2.25. The molecule has 2 rings (SSSR count). The van der Waals surface area contributed by atoms with Crippen LogP contribution in [0.5, 0.6) is 5.75 Å². The van der Waals surface area contributed by atoms with E-state index in [1.54, 1.807) is 24.3 Å². The van der Waals surface area contributed by atoms with Crippen LogP contribution in [0.15, 0.2) is 24.3 Å². The fourth-order valence-electron chi connectivity index (χ4n) is 1.99. The summed E-state index contributed by atoms with van der Waals surface area (Å²) in [4.78, 5) is 11.8. The number of phenolic OH excluding ortho intramolecular Hbond substituents is 1. The highest BCUT2D eigenvalue weighted by Crippen LogP contribution is 2.27. The van der Waals surface area contributed by atoms with E-state index in [1.807, 2.05) is 11.9 Å². The second-order valence-electron chi connectivity index (χ2n) is 4.17. The zero-order valence-electron chi connectivity index (χ0n) is 9.71. The number of aliphatic hydroxyl groups excluding tert-OH is 1. The van der Waals surface area contributed by atoms with Crippen molar-refractivity contribution in [3.8, 4) is 5.75 Å². The van der Waals surface area contributed by atoms with Crippen LogP contribution in [0.25, 0.3) is 0 Å². The van der Waals surface area contributed by atoms with Crippen LogP contribution in [0.3, 0.4) is 0 Å². The molecule has 1 aromatic carbocycles. The zero-order valence-corrected chi connectivity index (χ0v) is 9.71. The van der Waals surface area contributed by atoms with Gasteiger partial charge in [0.05, 0.1) is 18.3 Å². The fourth-order valence-corrected chi connectivity index (χ4v) is 1.99. The van der Waals surface area contributed by atoms with E-state index < -0.39 is 0 Å². The van der Waals surface area contributed by atoms with Crippen LogP contribution in [0, 0.1) is 0 Å². The van der Waals surface area contributed by atoms with E-state index in [0.717, 1.165) is 0 Å². The molecule has 1 aliphatic rings. The number of nitrogens with zero attached hydrogens (tertiary/aromatic N) is 2. The molecule has 17 heavy (non-hydrogen) atoms. The van der Waals surface area contributed by atoms with Gasteiger partial charge in [-0.25, -0.2) is 10.0 Å². The Morgan fingerprint density at radius 2 is 2.24 bits per heavy atom. The third-order valence-electron chi connectivity index (χ3n) is 2.90. The van der Waals surface area contributed by atoms with Crippen molar-refractivity contribution in [2.24, 2.45) is 0 Å². The molecule has 0 bridgehead atoms. The second kappa shape index (κ2) is 4.73. The van der Waals surface area contributed by atoms with Gasteiger partial charge in [-0.3, -0.25) is 4.79 Å². The maximum atomic E-state index is 11.8. The van der Waals surface area contributed by atoms with E-state index in [1.165, 1.54) is 5.01 Å². The number of carbonyl (C=O) groups excluding carboxylic acids is 1. The molecule has 0 spiro atoms. The molecule has 0 aliphatic carbocycles. The van der Waals surface area contributed by atoms with Gasteiger partial charge in [0.1, 0.15) is 5.75 Å². The van der Waals surface area contributed by atoms with Gasteiger partial charge in [0.25, 0.3) is 0 Å². The van der Waals surface area contributed by atoms with Crippen molar-refractivity contribution in [3.05, 3.63) is 24.3 Å². The van der Waals surface area contributed by atoms with Crippen LogP contribution < -0.4 is 5.01 Å². The molecule has 1 amide bonds. The van der Waals surface area contributed by atoms with Gasteiger partial charge < -0.3 is 10.2 Å². The van der Waals surface area contributed by atoms with Crippen molar-refractivity contribution in [1.29, 1.82) is 0 Å². The standard InChI is InChI=1S/C12H16N2O3/c1-9(8-15)13-6-5-12(17)14(13)10-3-2-4-11(16)7-10/h2-4,7,9,15-16H,5-6,8H2,1H3. The maximum Gasteiger partial charge on any atom is 0.242 e. The quantitative estimate of drug-likeness (QED) is 0.812. The number of aromatic hydroxyl groups is 1. The number of carbonyl (C=O) groups is 1. The van der Waals surface area contributed by atoms with Crippen molar-refractivity contribution >= 4 is 11.6 Å². The predicted molar refractivity (Wildman–Crippen MR) is 63.5 cm³/mol. The van der Waals surface area contributed by atoms with Gasteiger partial charge >= 0.3 is 0 Å². The van der Waals surface area contributed by atoms with Gasteiger partial charge in [0.15, 0.2) is 0 Å². The summed E-state index contributed by atoms with van der Waals surface area (Å²) in [5.41, 5.74) is 0.632. The Morgan fingerprint density at radius 3 is 2.88 bits per heavy atom. The minimum atomic E-state index is -0.121. The highest BCUT2D eigenvalue weighted by molar-refractivity contribution is 5.94. The van der Waals surface area contributed by atoms with E-state index in [2.05, 4.69) is 0 Å². The van der Waals surface area contributed by atoms with Crippen LogP contribution in [0.1, 0.15) is 13.3 Å². The molecule has 1 heterocycles. The Kier molecular flexibility index (Phi) is 3.31. The van der Waals surface area contributed by atoms with Crippen LogP contribution >= 0.6 is 0 Å². The van der Waals surface area contributed by atoms with E-state index in [4.69, 9.17) is 0 Å². The molecular weight excluding hydrogens is 220 g/mol. The average molecular weight is 236 g/mol. The number of aliphatic hydroxyl groups is 1. The first-order valence-corrected chi connectivity index (χ1v) is 5.63. The van der Waals surface area contributed by atoms with Crippen molar-refractivity contribution in [2.75, 3.05) is 18.2 Å². The summed E-state index contributed by atoms with van der Waals surface area (Å²) < 4.78 is 0. The number of phenols is 1. The van der Waals surface area contributed by atoms with E-state index >= 15 is 0 Å². The summed E-state index contributed by atoms with van der Waals surface area (Å²) in [6.45, 7) is 2.44. The number of hydrogen-bond donors (Lipinski definition) is 2. The van der Waals surface area contributed by atoms with Crippen molar-refractivity contribution in [3.63, 3.8) is 0 Å². The lowest BCUT2D eigenvalue weighted by molar-refractivity contribution is -0.118. The smallest absolute Gasteiger partial charge is 0.242 e. The fraction of sp³-hybridized carbons (Fsp3) is 0.417. The summed E-state index contributed by atoms with van der Waals surface area (Å²) >= 11 is 0. The minimum absolute atomic E-state index is 0.0113. The minimum Gasteiger partial charge on any atom is -0.508 e. The van der Waals surface area contributed by atoms with E-state index in [0.29, 0.717) is 18.7 Å². The van der Waals surface area contributed by atoms with Crippen LogP contribution in [0.4, 0.5) is 5.69 Å². The normalized spacial score (nSPS) is 18.7. The number of amides is 1. The highest BCUT2D eigenvalue weighted by Gasteiger charge is 2.33. The second-order valence-corrected chi connectivity index (χ2v) is 4.17. The highest BCUT2D eigenvalue weighted by atomic mass is 16.3. The molecule has 1 aliphatic heterocycles. The van der Waals surface area contributed by atoms with Crippen molar-refractivity contribution in [2.45, 2.75) is 19.4 Å². The van der Waals surface area contributed by atoms with Gasteiger partial charge in [-0.2, -0.15) is 0 Å². The summed E-state index contributed by atoms with van der Waals surface area (Å²) in [6.07, 6.45) is 0.431. The molecule has 1 saturated heterocycles. The summed E-state index contributed by atoms with van der Waals surface area (Å²) in [5, 5.41) is 22.0. The topological polar surface area (TPSA) is 64.0 Å². The SMILES string of the molecule is CC(CO)N1CCC(=O)N1c1cccc(O)c1. The molecule has 0 aromatic heterocycles. The Morgan fingerprint density at radius 1 is 1.47 bits per heavy atom. The number of hydrogen-bond acceptors (Lipinski definition) is 4. The van der Waals surface area contributed by atoms with E-state index in [9.17, 15) is 15.0 Å². The van der Waals surface area contributed by atoms with Crippen molar-refractivity contribution in [1.82, 2.24) is 5.01 Å². The van der Waals surface area contributed by atoms with E-state index in [-0.39, 0.29) is 24.3 Å². The molecule has 1 unspecified atom stereocenters. The first kappa shape index (κ1) is 11.9. The van der Waals surface area contributed by atoms with Gasteiger partial charge in [0.2, 0.25) is 5.91 Å². The number of hydrazine groups is 1. The average Bonchev–Trinajstić information content (AvgIpc) is 2.70. The summed E-state index contributed by atoms with van der Waals surface area (Å²) in [5.74, 6) is 0.106. The molecule has 5 nitrogen and oxygen atoms in total. The van der Waals surface area contributed by atoms with Gasteiger partial charge in [-0.15, -0.1) is 0 Å².